The fraction of sp³-hybridized carbons (Fsp3) is 0.317. The van der Waals surface area contributed by atoms with Crippen LogP contribution in [0.2, 0.25) is 0 Å². The molecule has 7 N–H and O–H groups in total. The van der Waals surface area contributed by atoms with Gasteiger partial charge in [0.25, 0.3) is 11.8 Å². The van der Waals surface area contributed by atoms with Gasteiger partial charge in [0.1, 0.15) is 0 Å². The molecule has 0 fully saturated rings. The first kappa shape index (κ1) is 49.7. The van der Waals surface area contributed by atoms with Gasteiger partial charge in [0, 0.05) is 48.0 Å². The number of carbonyl (C=O) groups is 4. The van der Waals surface area contributed by atoms with Gasteiger partial charge in [-0.2, -0.15) is 13.2 Å². The zero-order valence-electron chi connectivity index (χ0n) is 33.3. The number of sulfonamides is 1. The summed E-state index contributed by atoms with van der Waals surface area (Å²) in [5.74, 6) is -3.86. The molecule has 0 bridgehead atoms. The van der Waals surface area contributed by atoms with E-state index in [4.69, 9.17) is 15.6 Å². The van der Waals surface area contributed by atoms with Gasteiger partial charge in [-0.25, -0.2) is 13.2 Å². The van der Waals surface area contributed by atoms with Crippen molar-refractivity contribution in [3.63, 3.8) is 0 Å². The van der Waals surface area contributed by atoms with Gasteiger partial charge >= 0.3 is 12.1 Å². The maximum absolute atomic E-state index is 13.2. The zero-order chi connectivity index (χ0) is 44.3. The molecule has 4 rings (SSSR count). The SMILES string of the molecule is CC[C@H](NCCNC(=O)c1cc(C(=O)N[C@H](C)c2ccccc2)cc(N(C)S(C)(=O)=O)c1)C(=O)NCc1ccc(N)cc1.CCc1ccc(Br)cc1.O=C(O)C(F)(F)F. The number of benzene rings is 4. The number of carboxylic acids is 1. The Morgan fingerprint density at radius 2 is 1.37 bits per heavy atom. The second-order valence-electron chi connectivity index (χ2n) is 13.0. The first-order valence-corrected chi connectivity index (χ1v) is 20.9. The van der Waals surface area contributed by atoms with Crippen molar-refractivity contribution in [1.29, 1.82) is 0 Å². The number of aryl methyl sites for hydroxylation is 1. The molecule has 0 spiro atoms. The van der Waals surface area contributed by atoms with Crippen LogP contribution < -0.4 is 31.3 Å². The lowest BCUT2D eigenvalue weighted by atomic mass is 10.1. The van der Waals surface area contributed by atoms with Crippen molar-refractivity contribution in [2.45, 2.75) is 58.4 Å². The monoisotopic (exact) mass is 906 g/mol. The Balaban J connectivity index is 0.000000622. The fourth-order valence-corrected chi connectivity index (χ4v) is 5.72. The molecule has 0 saturated heterocycles. The van der Waals surface area contributed by atoms with Crippen LogP contribution in [-0.2, 0) is 32.6 Å². The van der Waals surface area contributed by atoms with Crippen LogP contribution in [0.1, 0.15) is 70.6 Å². The number of carbonyl (C=O) groups excluding carboxylic acids is 3. The van der Waals surface area contributed by atoms with E-state index in [1.54, 1.807) is 12.1 Å². The van der Waals surface area contributed by atoms with Crippen LogP contribution in [0.25, 0.3) is 0 Å². The van der Waals surface area contributed by atoms with Crippen molar-refractivity contribution in [3.05, 3.63) is 129 Å². The molecule has 4 aromatic rings. The Kier molecular flexibility index (Phi) is 20.1. The summed E-state index contributed by atoms with van der Waals surface area (Å²) in [5.41, 5.74) is 10.0. The number of alkyl halides is 3. The Bertz CT molecular complexity index is 2090. The average molecular weight is 908 g/mol. The van der Waals surface area contributed by atoms with Crippen molar-refractivity contribution in [2.75, 3.05) is 36.4 Å². The molecule has 0 heterocycles. The Morgan fingerprint density at radius 3 is 1.88 bits per heavy atom. The predicted molar refractivity (Wildman–Crippen MR) is 226 cm³/mol. The number of rotatable bonds is 15. The van der Waals surface area contributed by atoms with Crippen LogP contribution in [0, 0.1) is 0 Å². The van der Waals surface area contributed by atoms with Crippen LogP contribution in [0.15, 0.2) is 102 Å². The highest BCUT2D eigenvalue weighted by atomic mass is 79.9. The number of anilines is 2. The first-order valence-electron chi connectivity index (χ1n) is 18.3. The maximum Gasteiger partial charge on any atom is 0.490 e. The smallest absolute Gasteiger partial charge is 0.475 e. The molecule has 4 aromatic carbocycles. The Labute approximate surface area is 351 Å². The highest BCUT2D eigenvalue weighted by molar-refractivity contribution is 9.10. The van der Waals surface area contributed by atoms with Gasteiger partial charge < -0.3 is 32.1 Å². The van der Waals surface area contributed by atoms with E-state index in [0.717, 1.165) is 32.6 Å². The molecular weight excluding hydrogens is 857 g/mol. The number of nitrogens with one attached hydrogen (secondary N) is 4. The van der Waals surface area contributed by atoms with Crippen LogP contribution in [0.4, 0.5) is 24.5 Å². The first-order chi connectivity index (χ1) is 27.7. The summed E-state index contributed by atoms with van der Waals surface area (Å²) in [6.07, 6.45) is -2.38. The summed E-state index contributed by atoms with van der Waals surface area (Å²) in [5, 5.41) is 18.8. The van der Waals surface area contributed by atoms with E-state index in [-0.39, 0.29) is 35.3 Å². The number of nitrogen functional groups attached to an aromatic ring is 1. The fourth-order valence-electron chi connectivity index (χ4n) is 4.97. The molecule has 0 radical (unpaired) electrons. The molecule has 0 aliphatic heterocycles. The summed E-state index contributed by atoms with van der Waals surface area (Å²) in [6, 6.07) is 28.5. The molecule has 0 aliphatic carbocycles. The molecule has 13 nitrogen and oxygen atoms in total. The van der Waals surface area contributed by atoms with Crippen LogP contribution in [0.5, 0.6) is 0 Å². The minimum absolute atomic E-state index is 0.124. The van der Waals surface area contributed by atoms with Crippen LogP contribution in [0.3, 0.4) is 0 Å². The number of halogens is 4. The lowest BCUT2D eigenvalue weighted by Gasteiger charge is -2.20. The van der Waals surface area contributed by atoms with Gasteiger partial charge in [0.05, 0.1) is 24.0 Å². The lowest BCUT2D eigenvalue weighted by Crippen LogP contribution is -2.46. The summed E-state index contributed by atoms with van der Waals surface area (Å²) in [4.78, 5) is 47.8. The van der Waals surface area contributed by atoms with E-state index >= 15 is 0 Å². The van der Waals surface area contributed by atoms with Crippen molar-refractivity contribution in [1.82, 2.24) is 21.3 Å². The summed E-state index contributed by atoms with van der Waals surface area (Å²) in [6.45, 7) is 6.75. The van der Waals surface area contributed by atoms with E-state index in [2.05, 4.69) is 68.4 Å². The van der Waals surface area contributed by atoms with Gasteiger partial charge in [0.2, 0.25) is 15.9 Å². The molecule has 18 heteroatoms. The molecule has 59 heavy (non-hydrogen) atoms. The van der Waals surface area contributed by atoms with E-state index < -0.39 is 40.0 Å². The van der Waals surface area contributed by atoms with Crippen molar-refractivity contribution in [2.24, 2.45) is 0 Å². The number of aliphatic carboxylic acids is 1. The van der Waals surface area contributed by atoms with Crippen molar-refractivity contribution < 1.29 is 45.9 Å². The number of hydrogen-bond donors (Lipinski definition) is 6. The van der Waals surface area contributed by atoms with E-state index in [1.165, 1.54) is 30.8 Å². The molecule has 2 atom stereocenters. The number of nitrogens with two attached hydrogens (primary N) is 1. The topological polar surface area (TPSA) is 200 Å². The highest BCUT2D eigenvalue weighted by Crippen LogP contribution is 2.22. The Morgan fingerprint density at radius 1 is 0.831 bits per heavy atom. The minimum Gasteiger partial charge on any atom is -0.475 e. The lowest BCUT2D eigenvalue weighted by molar-refractivity contribution is -0.192. The molecular formula is C41H50BrF3N6O7S. The van der Waals surface area contributed by atoms with Gasteiger partial charge in [0.15, 0.2) is 0 Å². The number of hydrogen-bond acceptors (Lipinski definition) is 8. The van der Waals surface area contributed by atoms with E-state index in [9.17, 15) is 36.0 Å². The third-order valence-corrected chi connectivity index (χ3v) is 10.2. The van der Waals surface area contributed by atoms with Crippen LogP contribution in [-0.4, -0.2) is 75.8 Å². The van der Waals surface area contributed by atoms with E-state index in [0.29, 0.717) is 25.2 Å². The molecule has 320 valence electrons. The molecule has 0 unspecified atom stereocenters. The van der Waals surface area contributed by atoms with Gasteiger partial charge in [-0.15, -0.1) is 0 Å². The summed E-state index contributed by atoms with van der Waals surface area (Å²) < 4.78 is 58.4. The maximum atomic E-state index is 13.2. The van der Waals surface area contributed by atoms with Crippen molar-refractivity contribution in [3.8, 4) is 0 Å². The average Bonchev–Trinajstić information content (AvgIpc) is 3.20. The third kappa shape index (κ3) is 17.9. The molecule has 3 amide bonds. The second-order valence-corrected chi connectivity index (χ2v) is 15.9. The number of nitrogens with zero attached hydrogens (tertiary/aromatic N) is 1. The molecule has 0 saturated carbocycles. The summed E-state index contributed by atoms with van der Waals surface area (Å²) in [7, 11) is -2.30. The number of carboxylic acid groups (broad SMARTS) is 1. The predicted octanol–water partition coefficient (Wildman–Crippen LogP) is 6.21. The zero-order valence-corrected chi connectivity index (χ0v) is 35.7. The molecule has 0 aliphatic rings. The largest absolute Gasteiger partial charge is 0.490 e. The molecule has 0 aromatic heterocycles. The Hall–Kier alpha value is -5.46. The standard InChI is InChI=1S/C31H40N6O5S.C8H9Br.C2HF3O2/c1-5-28(31(40)35-20-22-11-13-26(32)14-12-22)33-15-16-34-29(38)24-17-25(19-27(18-24)37(3)43(4,41)42)30(39)36-21(2)23-9-7-6-8-10-23;1-2-7-3-5-8(9)6-4-7;3-2(4,5)1(6)7/h6-14,17-19,21,28,33H,5,15-16,20,32H2,1-4H3,(H,34,38)(H,35,40)(H,36,39);3-6H,2H2,1H3;(H,6,7)/t21-,28+;;/m1../s1. The van der Waals surface area contributed by atoms with E-state index in [1.807, 2.05) is 56.3 Å². The van der Waals surface area contributed by atoms with Crippen LogP contribution >= 0.6 is 15.9 Å². The van der Waals surface area contributed by atoms with Crippen molar-refractivity contribution >= 4 is 61.0 Å². The normalized spacial score (nSPS) is 11.9. The minimum atomic E-state index is -5.08. The van der Waals surface area contributed by atoms with Gasteiger partial charge in [-0.3, -0.25) is 18.7 Å². The summed E-state index contributed by atoms with van der Waals surface area (Å²) >= 11 is 3.37. The highest BCUT2D eigenvalue weighted by Gasteiger charge is 2.38. The van der Waals surface area contributed by atoms with Gasteiger partial charge in [-0.05, 0) is 78.9 Å². The van der Waals surface area contributed by atoms with Gasteiger partial charge in [-0.1, -0.05) is 84.4 Å². The second kappa shape index (κ2) is 23.8. The quantitative estimate of drug-likeness (QED) is 0.0593. The number of amides is 3. The third-order valence-electron chi connectivity index (χ3n) is 8.49.